The zero-order valence-electron chi connectivity index (χ0n) is 7.92. The van der Waals surface area contributed by atoms with E-state index in [1.54, 1.807) is 19.1 Å². The molecule has 0 spiro atoms. The van der Waals surface area contributed by atoms with E-state index in [4.69, 9.17) is 5.26 Å². The Hall–Kier alpha value is -1.82. The zero-order chi connectivity index (χ0) is 10.6. The Kier molecular flexibility index (Phi) is 3.24. The van der Waals surface area contributed by atoms with E-state index < -0.39 is 6.04 Å². The van der Waals surface area contributed by atoms with Crippen molar-refractivity contribution < 1.29 is 4.39 Å². The summed E-state index contributed by atoms with van der Waals surface area (Å²) in [5.74, 6) is -0.292. The van der Waals surface area contributed by atoms with E-state index in [2.05, 4.69) is 18.0 Å². The molecule has 72 valence electrons. The van der Waals surface area contributed by atoms with Crippen LogP contribution in [0.5, 0.6) is 0 Å². The smallest absolute Gasteiger partial charge is 0.135 e. The lowest BCUT2D eigenvalue weighted by atomic mass is 10.1. The standard InChI is InChI=1S/C11H11FN2/c1-8(2)11(7-13)14-10-5-3-9(12)4-6-10/h3-6,11,14H,1H2,2H3. The van der Waals surface area contributed by atoms with E-state index in [1.807, 2.05) is 0 Å². The second-order valence-electron chi connectivity index (χ2n) is 3.06. The van der Waals surface area contributed by atoms with E-state index in [1.165, 1.54) is 12.1 Å². The minimum absolute atomic E-state index is 0.292. The monoisotopic (exact) mass is 190 g/mol. The van der Waals surface area contributed by atoms with E-state index in [0.717, 1.165) is 5.57 Å². The molecule has 1 rings (SSSR count). The molecule has 0 aliphatic heterocycles. The number of hydrogen-bond donors (Lipinski definition) is 1. The highest BCUT2D eigenvalue weighted by atomic mass is 19.1. The Bertz CT molecular complexity index is 362. The van der Waals surface area contributed by atoms with Crippen molar-refractivity contribution in [3.63, 3.8) is 0 Å². The predicted octanol–water partition coefficient (Wildman–Crippen LogP) is 2.71. The third-order valence-corrected chi connectivity index (χ3v) is 1.78. The third-order valence-electron chi connectivity index (χ3n) is 1.78. The van der Waals surface area contributed by atoms with Gasteiger partial charge in [-0.15, -0.1) is 0 Å². The molecule has 0 aromatic heterocycles. The third kappa shape index (κ3) is 2.60. The Morgan fingerprint density at radius 1 is 1.50 bits per heavy atom. The van der Waals surface area contributed by atoms with Crippen molar-refractivity contribution in [1.29, 1.82) is 5.26 Å². The second-order valence-corrected chi connectivity index (χ2v) is 3.06. The molecule has 0 amide bonds. The number of hydrogen-bond acceptors (Lipinski definition) is 2. The van der Waals surface area contributed by atoms with Crippen LogP contribution >= 0.6 is 0 Å². The van der Waals surface area contributed by atoms with Gasteiger partial charge in [-0.3, -0.25) is 0 Å². The van der Waals surface area contributed by atoms with Crippen LogP contribution in [0.25, 0.3) is 0 Å². The summed E-state index contributed by atoms with van der Waals surface area (Å²) in [5.41, 5.74) is 1.44. The minimum atomic E-state index is -0.430. The van der Waals surface area contributed by atoms with Crippen LogP contribution in [0.2, 0.25) is 0 Å². The van der Waals surface area contributed by atoms with Gasteiger partial charge in [0.1, 0.15) is 11.9 Å². The van der Waals surface area contributed by atoms with Crippen molar-refractivity contribution in [2.24, 2.45) is 0 Å². The quantitative estimate of drug-likeness (QED) is 0.744. The largest absolute Gasteiger partial charge is 0.366 e. The van der Waals surface area contributed by atoms with E-state index in [9.17, 15) is 4.39 Å². The number of anilines is 1. The van der Waals surface area contributed by atoms with Crippen LogP contribution in [-0.4, -0.2) is 6.04 Å². The lowest BCUT2D eigenvalue weighted by Gasteiger charge is -2.12. The molecule has 3 heteroatoms. The number of nitrogens with zero attached hydrogens (tertiary/aromatic N) is 1. The van der Waals surface area contributed by atoms with Crippen molar-refractivity contribution >= 4 is 5.69 Å². The summed E-state index contributed by atoms with van der Waals surface area (Å²) in [6.45, 7) is 5.45. The molecule has 1 atom stereocenters. The van der Waals surface area contributed by atoms with Gasteiger partial charge in [0.25, 0.3) is 0 Å². The van der Waals surface area contributed by atoms with Crippen molar-refractivity contribution in [3.8, 4) is 6.07 Å². The normalized spacial score (nSPS) is 11.5. The Morgan fingerprint density at radius 2 is 2.07 bits per heavy atom. The van der Waals surface area contributed by atoms with Crippen LogP contribution in [0.4, 0.5) is 10.1 Å². The summed E-state index contributed by atoms with van der Waals surface area (Å²) >= 11 is 0. The van der Waals surface area contributed by atoms with Crippen LogP contribution in [0, 0.1) is 17.1 Å². The molecule has 0 aliphatic carbocycles. The number of benzene rings is 1. The van der Waals surface area contributed by atoms with Crippen molar-refractivity contribution in [2.75, 3.05) is 5.32 Å². The van der Waals surface area contributed by atoms with Crippen LogP contribution in [0.3, 0.4) is 0 Å². The minimum Gasteiger partial charge on any atom is -0.366 e. The average molecular weight is 190 g/mol. The van der Waals surface area contributed by atoms with Gasteiger partial charge < -0.3 is 5.32 Å². The van der Waals surface area contributed by atoms with E-state index in [-0.39, 0.29) is 5.82 Å². The molecule has 14 heavy (non-hydrogen) atoms. The van der Waals surface area contributed by atoms with Gasteiger partial charge in [-0.05, 0) is 36.8 Å². The highest BCUT2D eigenvalue weighted by Gasteiger charge is 2.06. The fourth-order valence-electron chi connectivity index (χ4n) is 0.978. The van der Waals surface area contributed by atoms with Gasteiger partial charge in [0.05, 0.1) is 6.07 Å². The summed E-state index contributed by atoms with van der Waals surface area (Å²) in [5, 5.41) is 11.7. The summed E-state index contributed by atoms with van der Waals surface area (Å²) in [7, 11) is 0. The molecule has 2 nitrogen and oxygen atoms in total. The van der Waals surface area contributed by atoms with Crippen molar-refractivity contribution in [1.82, 2.24) is 0 Å². The van der Waals surface area contributed by atoms with Crippen LogP contribution in [-0.2, 0) is 0 Å². The molecule has 0 saturated carbocycles. The highest BCUT2D eigenvalue weighted by molar-refractivity contribution is 5.47. The van der Waals surface area contributed by atoms with Crippen molar-refractivity contribution in [2.45, 2.75) is 13.0 Å². The number of nitriles is 1. The van der Waals surface area contributed by atoms with Gasteiger partial charge in [0.15, 0.2) is 0 Å². The SMILES string of the molecule is C=C(C)C(C#N)Nc1ccc(F)cc1. The Labute approximate surface area is 82.7 Å². The molecule has 1 aromatic rings. The molecule has 1 unspecified atom stereocenters. The van der Waals surface area contributed by atoms with Gasteiger partial charge in [-0.2, -0.15) is 5.26 Å². The molecule has 0 fully saturated rings. The summed E-state index contributed by atoms with van der Waals surface area (Å²) in [6, 6.07) is 7.49. The van der Waals surface area contributed by atoms with Crippen LogP contribution < -0.4 is 5.32 Å². The first kappa shape index (κ1) is 10.3. The molecule has 0 bridgehead atoms. The van der Waals surface area contributed by atoms with Gasteiger partial charge in [-0.1, -0.05) is 6.58 Å². The molecule has 0 heterocycles. The van der Waals surface area contributed by atoms with Crippen molar-refractivity contribution in [3.05, 3.63) is 42.2 Å². The highest BCUT2D eigenvalue weighted by Crippen LogP contribution is 2.11. The first-order valence-corrected chi connectivity index (χ1v) is 4.20. The molecule has 0 aliphatic rings. The lowest BCUT2D eigenvalue weighted by molar-refractivity contribution is 0.628. The number of rotatable bonds is 3. The maximum absolute atomic E-state index is 12.6. The number of nitrogens with one attached hydrogen (secondary N) is 1. The molecule has 1 N–H and O–H groups in total. The fourth-order valence-corrected chi connectivity index (χ4v) is 0.978. The van der Waals surface area contributed by atoms with Gasteiger partial charge in [-0.25, -0.2) is 4.39 Å². The topological polar surface area (TPSA) is 35.8 Å². The maximum Gasteiger partial charge on any atom is 0.135 e. The first-order chi connectivity index (χ1) is 6.63. The maximum atomic E-state index is 12.6. The Balaban J connectivity index is 2.74. The van der Waals surface area contributed by atoms with E-state index in [0.29, 0.717) is 5.69 Å². The fraction of sp³-hybridized carbons (Fsp3) is 0.182. The summed E-state index contributed by atoms with van der Waals surface area (Å²) < 4.78 is 12.6. The lowest BCUT2D eigenvalue weighted by Crippen LogP contribution is -2.17. The number of halogens is 1. The molecule has 0 saturated heterocycles. The Morgan fingerprint density at radius 3 is 2.50 bits per heavy atom. The van der Waals surface area contributed by atoms with Crippen LogP contribution in [0.15, 0.2) is 36.4 Å². The van der Waals surface area contributed by atoms with Gasteiger partial charge >= 0.3 is 0 Å². The molecule has 1 aromatic carbocycles. The summed E-state index contributed by atoms with van der Waals surface area (Å²) in [6.07, 6.45) is 0. The average Bonchev–Trinajstić information content (AvgIpc) is 2.16. The van der Waals surface area contributed by atoms with Gasteiger partial charge in [0, 0.05) is 5.69 Å². The predicted molar refractivity (Wildman–Crippen MR) is 54.2 cm³/mol. The molecular formula is C11H11FN2. The van der Waals surface area contributed by atoms with Gasteiger partial charge in [0.2, 0.25) is 0 Å². The molecule has 0 radical (unpaired) electrons. The second kappa shape index (κ2) is 4.43. The van der Waals surface area contributed by atoms with E-state index >= 15 is 0 Å². The zero-order valence-corrected chi connectivity index (χ0v) is 7.92. The molecular weight excluding hydrogens is 179 g/mol. The van der Waals surface area contributed by atoms with Crippen LogP contribution in [0.1, 0.15) is 6.92 Å². The first-order valence-electron chi connectivity index (χ1n) is 4.20. The summed E-state index contributed by atoms with van der Waals surface area (Å²) in [4.78, 5) is 0.